The van der Waals surface area contributed by atoms with Gasteiger partial charge in [0.25, 0.3) is 0 Å². The number of nitrogens with zero attached hydrogens (tertiary/aromatic N) is 1. The number of nitriles is 1. The highest BCUT2D eigenvalue weighted by atomic mass is 32.1. The molecular weight excluding hydrogens is 359 g/mol. The molecule has 24 heavy (non-hydrogen) atoms. The lowest BCUT2D eigenvalue weighted by Crippen LogP contribution is -2.48. The van der Waals surface area contributed by atoms with Crippen LogP contribution in [0.15, 0.2) is 24.0 Å². The van der Waals surface area contributed by atoms with E-state index in [2.05, 4.69) is 0 Å². The van der Waals surface area contributed by atoms with E-state index in [0.717, 1.165) is 17.4 Å². The summed E-state index contributed by atoms with van der Waals surface area (Å²) in [5.74, 6) is -19.7. The number of hydrogen-bond acceptors (Lipinski definition) is 2. The number of rotatable bonds is 1. The lowest BCUT2D eigenvalue weighted by atomic mass is 9.97. The van der Waals surface area contributed by atoms with Crippen molar-refractivity contribution in [1.82, 2.24) is 0 Å². The van der Waals surface area contributed by atoms with Gasteiger partial charge in [-0.25, -0.2) is 4.39 Å². The first kappa shape index (κ1) is 16.8. The van der Waals surface area contributed by atoms with Crippen LogP contribution < -0.4 is 0 Å². The van der Waals surface area contributed by atoms with E-state index in [1.54, 1.807) is 6.07 Å². The summed E-state index contributed by atoms with van der Waals surface area (Å²) in [5.41, 5.74) is -2.73. The first-order valence-electron chi connectivity index (χ1n) is 6.44. The van der Waals surface area contributed by atoms with Gasteiger partial charge in [-0.05, 0) is 25.1 Å². The predicted octanol–water partition coefficient (Wildman–Crippen LogP) is 5.68. The van der Waals surface area contributed by atoms with Gasteiger partial charge in [0.05, 0.1) is 17.2 Å². The number of aryl methyl sites for hydroxylation is 1. The minimum absolute atomic E-state index is 0.00221. The lowest BCUT2D eigenvalue weighted by Gasteiger charge is -2.24. The molecule has 0 spiro atoms. The van der Waals surface area contributed by atoms with E-state index in [0.29, 0.717) is 0 Å². The third-order valence-electron chi connectivity index (χ3n) is 3.84. The molecule has 1 nitrogen and oxygen atoms in total. The Morgan fingerprint density at radius 2 is 1.67 bits per heavy atom. The molecule has 0 amide bonds. The molecule has 2 aromatic rings. The zero-order chi connectivity index (χ0) is 18.1. The standard InChI is InChI=1S/C15H6F7NS/c1-6-10(8-4-7(5-23)2-3-9(8)24-6)11-12(16)14(19,20)15(21,22)13(11,17)18/h2-4H,1H3. The molecule has 1 heterocycles. The van der Waals surface area contributed by atoms with Crippen LogP contribution in [0.5, 0.6) is 0 Å². The zero-order valence-electron chi connectivity index (χ0n) is 11.7. The number of allylic oxidation sites excluding steroid dienone is 2. The van der Waals surface area contributed by atoms with E-state index in [4.69, 9.17) is 5.26 Å². The fourth-order valence-corrected chi connectivity index (χ4v) is 3.70. The summed E-state index contributed by atoms with van der Waals surface area (Å²) in [4.78, 5) is -0.0292. The molecule has 9 heteroatoms. The van der Waals surface area contributed by atoms with E-state index < -0.39 is 34.7 Å². The average Bonchev–Trinajstić information content (AvgIpc) is 2.85. The summed E-state index contributed by atoms with van der Waals surface area (Å²) in [6.07, 6.45) is 0. The van der Waals surface area contributed by atoms with Crippen LogP contribution in [-0.2, 0) is 0 Å². The number of halogens is 7. The van der Waals surface area contributed by atoms with Crippen molar-refractivity contribution < 1.29 is 30.7 Å². The van der Waals surface area contributed by atoms with Crippen LogP contribution in [0.4, 0.5) is 30.7 Å². The van der Waals surface area contributed by atoms with Crippen LogP contribution in [0.3, 0.4) is 0 Å². The second-order valence-corrected chi connectivity index (χ2v) is 6.52. The highest BCUT2D eigenvalue weighted by Gasteiger charge is 2.81. The summed E-state index contributed by atoms with van der Waals surface area (Å²) in [5, 5.41) is 8.72. The van der Waals surface area contributed by atoms with Crippen molar-refractivity contribution in [1.29, 1.82) is 5.26 Å². The summed E-state index contributed by atoms with van der Waals surface area (Å²) in [6.45, 7) is 1.23. The van der Waals surface area contributed by atoms with Crippen LogP contribution in [0.1, 0.15) is 16.0 Å². The number of hydrogen-bond donors (Lipinski definition) is 0. The van der Waals surface area contributed by atoms with Crippen molar-refractivity contribution in [2.45, 2.75) is 24.7 Å². The molecule has 0 unspecified atom stereocenters. The van der Waals surface area contributed by atoms with Gasteiger partial charge < -0.3 is 0 Å². The molecule has 0 atom stereocenters. The van der Waals surface area contributed by atoms with Crippen LogP contribution in [0.2, 0.25) is 0 Å². The first-order valence-corrected chi connectivity index (χ1v) is 7.26. The van der Waals surface area contributed by atoms with Gasteiger partial charge in [0.15, 0.2) is 5.83 Å². The zero-order valence-corrected chi connectivity index (χ0v) is 12.5. The lowest BCUT2D eigenvalue weighted by molar-refractivity contribution is -0.263. The third kappa shape index (κ3) is 1.80. The molecule has 1 aromatic carbocycles. The summed E-state index contributed by atoms with van der Waals surface area (Å²) >= 11 is 0.854. The molecular formula is C15H6F7NS. The highest BCUT2D eigenvalue weighted by Crippen LogP contribution is 2.63. The van der Waals surface area contributed by atoms with Crippen molar-refractivity contribution in [2.24, 2.45) is 0 Å². The molecule has 126 valence electrons. The number of alkyl halides is 6. The van der Waals surface area contributed by atoms with Crippen LogP contribution >= 0.6 is 11.3 Å². The normalized spacial score (nSPS) is 21.3. The van der Waals surface area contributed by atoms with Gasteiger partial charge in [-0.2, -0.15) is 31.6 Å². The van der Waals surface area contributed by atoms with Crippen LogP contribution in [0.25, 0.3) is 15.7 Å². The van der Waals surface area contributed by atoms with E-state index in [1.807, 2.05) is 0 Å². The van der Waals surface area contributed by atoms with Crippen molar-refractivity contribution in [2.75, 3.05) is 0 Å². The first-order chi connectivity index (χ1) is 11.0. The molecule has 0 saturated heterocycles. The molecule has 0 radical (unpaired) electrons. The topological polar surface area (TPSA) is 23.8 Å². The van der Waals surface area contributed by atoms with E-state index >= 15 is 0 Å². The van der Waals surface area contributed by atoms with Gasteiger partial charge in [0.1, 0.15) is 0 Å². The Hall–Kier alpha value is -2.08. The fraction of sp³-hybridized carbons (Fsp3) is 0.267. The molecule has 0 bridgehead atoms. The average molecular weight is 365 g/mol. The Morgan fingerprint density at radius 1 is 1.04 bits per heavy atom. The molecule has 0 saturated carbocycles. The maximum absolute atomic E-state index is 14.0. The van der Waals surface area contributed by atoms with Crippen molar-refractivity contribution >= 4 is 27.0 Å². The second-order valence-electron chi connectivity index (χ2n) is 5.27. The molecule has 1 aliphatic rings. The Labute approximate surface area is 134 Å². The summed E-state index contributed by atoms with van der Waals surface area (Å²) < 4.78 is 95.9. The van der Waals surface area contributed by atoms with Gasteiger partial charge >= 0.3 is 17.8 Å². The van der Waals surface area contributed by atoms with Gasteiger partial charge in [-0.3, -0.25) is 0 Å². The molecule has 0 aliphatic heterocycles. The number of fused-ring (bicyclic) bond motifs is 1. The third-order valence-corrected chi connectivity index (χ3v) is 4.93. The Morgan fingerprint density at radius 3 is 2.17 bits per heavy atom. The van der Waals surface area contributed by atoms with Crippen molar-refractivity contribution in [3.63, 3.8) is 0 Å². The van der Waals surface area contributed by atoms with Crippen LogP contribution in [-0.4, -0.2) is 17.8 Å². The minimum atomic E-state index is -5.88. The number of thiophene rings is 1. The quantitative estimate of drug-likeness (QED) is 0.597. The largest absolute Gasteiger partial charge is 0.383 e. The predicted molar refractivity (Wildman–Crippen MR) is 74.1 cm³/mol. The Kier molecular flexibility index (Phi) is 3.30. The Bertz CT molecular complexity index is 933. The summed E-state index contributed by atoms with van der Waals surface area (Å²) in [6, 6.07) is 5.51. The molecule has 0 fully saturated rings. The fourth-order valence-electron chi connectivity index (χ4n) is 2.65. The Balaban J connectivity index is 2.41. The van der Waals surface area contributed by atoms with Crippen molar-refractivity contribution in [3.05, 3.63) is 40.0 Å². The molecule has 1 aliphatic carbocycles. The highest BCUT2D eigenvalue weighted by molar-refractivity contribution is 7.19. The van der Waals surface area contributed by atoms with Gasteiger partial charge in [0, 0.05) is 20.5 Å². The monoisotopic (exact) mass is 365 g/mol. The maximum Gasteiger partial charge on any atom is 0.383 e. The van der Waals surface area contributed by atoms with E-state index in [9.17, 15) is 30.7 Å². The number of benzene rings is 1. The summed E-state index contributed by atoms with van der Waals surface area (Å²) in [7, 11) is 0. The SMILES string of the molecule is Cc1sc2ccc(C#N)cc2c1C1=C(F)C(F)(F)C(F)(F)C1(F)F. The maximum atomic E-state index is 14.0. The van der Waals surface area contributed by atoms with Gasteiger partial charge in [0.2, 0.25) is 0 Å². The van der Waals surface area contributed by atoms with E-state index in [-0.39, 0.29) is 20.5 Å². The second kappa shape index (κ2) is 4.72. The van der Waals surface area contributed by atoms with Gasteiger partial charge in [-0.1, -0.05) is 0 Å². The van der Waals surface area contributed by atoms with Gasteiger partial charge in [-0.15, -0.1) is 11.3 Å². The molecule has 0 N–H and O–H groups in total. The molecule has 1 aromatic heterocycles. The van der Waals surface area contributed by atoms with Crippen molar-refractivity contribution in [3.8, 4) is 6.07 Å². The van der Waals surface area contributed by atoms with Crippen LogP contribution in [0, 0.1) is 18.3 Å². The smallest absolute Gasteiger partial charge is 0.204 e. The molecule has 3 rings (SSSR count). The minimum Gasteiger partial charge on any atom is -0.204 e. The van der Waals surface area contributed by atoms with E-state index in [1.165, 1.54) is 19.1 Å².